The topological polar surface area (TPSA) is 82.4 Å². The zero-order valence-corrected chi connectivity index (χ0v) is 17.4. The predicted octanol–water partition coefficient (Wildman–Crippen LogP) is 4.06. The molecule has 0 bridgehead atoms. The summed E-state index contributed by atoms with van der Waals surface area (Å²) in [5.41, 5.74) is 1.63. The molecule has 0 unspecified atom stereocenters. The fourth-order valence-corrected chi connectivity index (χ4v) is 3.02. The number of hydrogen-bond donors (Lipinski definition) is 0. The van der Waals surface area contributed by atoms with Gasteiger partial charge < -0.3 is 14.0 Å². The minimum absolute atomic E-state index is 0.318. The van der Waals surface area contributed by atoms with E-state index in [1.54, 1.807) is 47.2 Å². The van der Waals surface area contributed by atoms with Crippen molar-refractivity contribution < 1.29 is 14.3 Å². The molecule has 1 amide bonds. The van der Waals surface area contributed by atoms with Crippen LogP contribution in [-0.2, 0) is 11.8 Å². The Morgan fingerprint density at radius 2 is 1.96 bits per heavy atom. The minimum atomic E-state index is -0.639. The summed E-state index contributed by atoms with van der Waals surface area (Å²) in [6, 6.07) is 3.72. The number of aryl methyl sites for hydroxylation is 1. The van der Waals surface area contributed by atoms with Crippen molar-refractivity contribution in [3.63, 3.8) is 0 Å². The summed E-state index contributed by atoms with van der Waals surface area (Å²) in [5, 5.41) is 9.46. The summed E-state index contributed by atoms with van der Waals surface area (Å²) in [6.45, 7) is 5.41. The Balaban J connectivity index is 2.18. The van der Waals surface area contributed by atoms with E-state index in [-0.39, 0.29) is 0 Å². The van der Waals surface area contributed by atoms with E-state index in [1.165, 1.54) is 11.1 Å². The second-order valence-corrected chi connectivity index (χ2v) is 7.69. The van der Waals surface area contributed by atoms with Gasteiger partial charge in [0, 0.05) is 19.5 Å². The van der Waals surface area contributed by atoms with Crippen LogP contribution < -0.4 is 9.64 Å². The molecule has 0 saturated heterocycles. The number of methoxy groups -OCH3 is 1. The first-order valence-corrected chi connectivity index (χ1v) is 8.98. The van der Waals surface area contributed by atoms with Crippen molar-refractivity contribution in [3.8, 4) is 17.0 Å². The smallest absolute Gasteiger partial charge is 0.415 e. The average molecular weight is 404 g/mol. The number of amides is 1. The van der Waals surface area contributed by atoms with E-state index in [4.69, 9.17) is 21.1 Å². The minimum Gasteiger partial charge on any atom is -0.494 e. The van der Waals surface area contributed by atoms with Gasteiger partial charge in [-0.05, 0) is 32.9 Å². The highest BCUT2D eigenvalue weighted by Gasteiger charge is 2.27. The highest BCUT2D eigenvalue weighted by molar-refractivity contribution is 6.30. The molecule has 0 aliphatic rings. The summed E-state index contributed by atoms with van der Waals surface area (Å²) in [7, 11) is 5.02. The van der Waals surface area contributed by atoms with Crippen LogP contribution in [-0.4, -0.2) is 45.6 Å². The molecular weight excluding hydrogens is 382 g/mol. The van der Waals surface area contributed by atoms with Crippen LogP contribution in [0.4, 0.5) is 10.6 Å². The van der Waals surface area contributed by atoms with E-state index >= 15 is 0 Å². The Labute approximate surface area is 168 Å². The van der Waals surface area contributed by atoms with E-state index in [1.807, 2.05) is 17.7 Å². The van der Waals surface area contributed by atoms with Crippen LogP contribution in [0.15, 0.2) is 24.5 Å². The molecule has 8 nitrogen and oxygen atoms in total. The molecule has 0 spiro atoms. The van der Waals surface area contributed by atoms with Crippen molar-refractivity contribution >= 4 is 34.4 Å². The van der Waals surface area contributed by atoms with Crippen molar-refractivity contribution in [1.29, 1.82) is 0 Å². The Morgan fingerprint density at radius 3 is 2.61 bits per heavy atom. The summed E-state index contributed by atoms with van der Waals surface area (Å²) in [4.78, 5) is 18.1. The van der Waals surface area contributed by atoms with Crippen molar-refractivity contribution in [2.75, 3.05) is 19.1 Å². The molecule has 0 atom stereocenters. The standard InChI is InChI=1S/C19H22ClN5O3/c1-19(2,3)28-18(26)25(5)17-16(14(27-6)10-22-23-17)12-7-11-8-15(20)21-9-13(11)24(12)4/h7-10H,1-6H3. The Kier molecular flexibility index (Phi) is 5.16. The van der Waals surface area contributed by atoms with Gasteiger partial charge in [0.2, 0.25) is 0 Å². The van der Waals surface area contributed by atoms with Gasteiger partial charge in [-0.3, -0.25) is 4.90 Å². The van der Waals surface area contributed by atoms with Crippen molar-refractivity contribution in [2.24, 2.45) is 7.05 Å². The molecule has 9 heteroatoms. The molecule has 3 aromatic heterocycles. The van der Waals surface area contributed by atoms with E-state index in [9.17, 15) is 4.79 Å². The maximum Gasteiger partial charge on any atom is 0.415 e. The molecule has 0 aromatic carbocycles. The predicted molar refractivity (Wildman–Crippen MR) is 108 cm³/mol. The van der Waals surface area contributed by atoms with Crippen LogP contribution in [0.2, 0.25) is 5.15 Å². The number of ether oxygens (including phenoxy) is 2. The monoisotopic (exact) mass is 403 g/mol. The fourth-order valence-electron chi connectivity index (χ4n) is 2.85. The summed E-state index contributed by atoms with van der Waals surface area (Å²) in [5.74, 6) is 0.795. The molecule has 0 aliphatic heterocycles. The largest absolute Gasteiger partial charge is 0.494 e. The highest BCUT2D eigenvalue weighted by atomic mass is 35.5. The number of aromatic nitrogens is 4. The molecule has 3 rings (SSSR count). The average Bonchev–Trinajstić information content (AvgIpc) is 2.94. The highest BCUT2D eigenvalue weighted by Crippen LogP contribution is 2.39. The van der Waals surface area contributed by atoms with Gasteiger partial charge in [-0.15, -0.1) is 5.10 Å². The summed E-state index contributed by atoms with van der Waals surface area (Å²) >= 11 is 6.03. The number of pyridine rings is 1. The zero-order valence-electron chi connectivity index (χ0n) is 16.6. The molecule has 148 valence electrons. The second-order valence-electron chi connectivity index (χ2n) is 7.31. The molecule has 0 saturated carbocycles. The molecule has 0 radical (unpaired) electrons. The molecule has 0 fully saturated rings. The van der Waals surface area contributed by atoms with Crippen LogP contribution in [0, 0.1) is 0 Å². The fraction of sp³-hybridized carbons (Fsp3) is 0.368. The summed E-state index contributed by atoms with van der Waals surface area (Å²) < 4.78 is 12.9. The third kappa shape index (κ3) is 3.73. The van der Waals surface area contributed by atoms with Gasteiger partial charge in [0.1, 0.15) is 10.8 Å². The molecule has 3 heterocycles. The maximum absolute atomic E-state index is 12.6. The van der Waals surface area contributed by atoms with Crippen LogP contribution in [0.25, 0.3) is 22.2 Å². The van der Waals surface area contributed by atoms with Gasteiger partial charge in [0.25, 0.3) is 0 Å². The Hall–Kier alpha value is -2.87. The third-order valence-corrected chi connectivity index (χ3v) is 4.36. The zero-order chi connectivity index (χ0) is 20.6. The maximum atomic E-state index is 12.6. The van der Waals surface area contributed by atoms with E-state index in [0.717, 1.165) is 16.6 Å². The van der Waals surface area contributed by atoms with Crippen LogP contribution in [0.3, 0.4) is 0 Å². The van der Waals surface area contributed by atoms with Gasteiger partial charge in [0.05, 0.1) is 36.3 Å². The number of rotatable bonds is 3. The Morgan fingerprint density at radius 1 is 1.25 bits per heavy atom. The lowest BCUT2D eigenvalue weighted by Crippen LogP contribution is -2.35. The first-order chi connectivity index (χ1) is 13.1. The molecular formula is C19H22ClN5O3. The number of carbonyl (C=O) groups excluding carboxylic acids is 1. The SMILES string of the molecule is COc1cnnc(N(C)C(=O)OC(C)(C)C)c1-c1cc2cc(Cl)ncc2n1C. The second kappa shape index (κ2) is 7.27. The van der Waals surface area contributed by atoms with E-state index in [0.29, 0.717) is 22.3 Å². The number of fused-ring (bicyclic) bond motifs is 1. The van der Waals surface area contributed by atoms with Gasteiger partial charge in [-0.1, -0.05) is 11.6 Å². The molecule has 0 N–H and O–H groups in total. The quantitative estimate of drug-likeness (QED) is 0.613. The molecule has 3 aromatic rings. The third-order valence-electron chi connectivity index (χ3n) is 4.15. The van der Waals surface area contributed by atoms with Crippen molar-refractivity contribution in [2.45, 2.75) is 26.4 Å². The number of halogens is 1. The van der Waals surface area contributed by atoms with Crippen LogP contribution in [0.5, 0.6) is 5.75 Å². The van der Waals surface area contributed by atoms with Gasteiger partial charge in [-0.2, -0.15) is 5.10 Å². The number of anilines is 1. The lowest BCUT2D eigenvalue weighted by Gasteiger charge is -2.25. The molecule has 28 heavy (non-hydrogen) atoms. The van der Waals surface area contributed by atoms with E-state index < -0.39 is 11.7 Å². The lowest BCUT2D eigenvalue weighted by atomic mass is 10.1. The van der Waals surface area contributed by atoms with Gasteiger partial charge in [-0.25, -0.2) is 9.78 Å². The number of carbonyl (C=O) groups is 1. The van der Waals surface area contributed by atoms with Crippen LogP contribution >= 0.6 is 11.6 Å². The van der Waals surface area contributed by atoms with Crippen molar-refractivity contribution in [1.82, 2.24) is 19.7 Å². The Bertz CT molecular complexity index is 1040. The summed E-state index contributed by atoms with van der Waals surface area (Å²) in [6.07, 6.45) is 2.66. The van der Waals surface area contributed by atoms with E-state index in [2.05, 4.69) is 15.2 Å². The first kappa shape index (κ1) is 19.9. The van der Waals surface area contributed by atoms with Crippen LogP contribution in [0.1, 0.15) is 20.8 Å². The van der Waals surface area contributed by atoms with Gasteiger partial charge in [0.15, 0.2) is 11.6 Å². The molecule has 0 aliphatic carbocycles. The first-order valence-electron chi connectivity index (χ1n) is 8.60. The normalized spacial score (nSPS) is 11.5. The lowest BCUT2D eigenvalue weighted by molar-refractivity contribution is 0.0588. The number of nitrogens with zero attached hydrogens (tertiary/aromatic N) is 5. The van der Waals surface area contributed by atoms with Gasteiger partial charge >= 0.3 is 6.09 Å². The van der Waals surface area contributed by atoms with Crippen molar-refractivity contribution in [3.05, 3.63) is 29.7 Å². The number of hydrogen-bond acceptors (Lipinski definition) is 6.